The monoisotopic (exact) mass is 529 g/mol. The third kappa shape index (κ3) is 4.50. The lowest BCUT2D eigenvalue weighted by Gasteiger charge is -2.29. The smallest absolute Gasteiger partial charge is 0.253 e. The molecule has 0 aliphatic carbocycles. The lowest BCUT2D eigenvalue weighted by molar-refractivity contribution is -0.127. The molecule has 2 aromatic heterocycles. The highest BCUT2D eigenvalue weighted by Gasteiger charge is 2.37. The summed E-state index contributed by atoms with van der Waals surface area (Å²) in [5.74, 6) is 6.86. The van der Waals surface area contributed by atoms with Crippen molar-refractivity contribution in [2.75, 3.05) is 25.6 Å². The van der Waals surface area contributed by atoms with E-state index in [1.165, 1.54) is 6.08 Å². The molecule has 0 spiro atoms. The van der Waals surface area contributed by atoms with Crippen LogP contribution in [0.25, 0.3) is 11.3 Å². The zero-order valence-corrected chi connectivity index (χ0v) is 22.1. The summed E-state index contributed by atoms with van der Waals surface area (Å²) in [6.45, 7) is 6.78. The molecule has 8 nitrogen and oxygen atoms in total. The standard InChI is InChI=1S/C29H28ClN5O3/c1-4-26(36)34-16-6-12-29(34,2)13-9-19-18-31-14-10-20(19)25-17-21-24(11-15-32-28(21)37)35(25)33-23-8-5-7-22(30)27(23)38-3/h4-5,7-8,10,14,17-18,33H,1,6,11-12,15-16H2,2-3H3,(H,32,37)/t29-/m0/s1. The fourth-order valence-corrected chi connectivity index (χ4v) is 5.36. The molecule has 0 saturated carbocycles. The van der Waals surface area contributed by atoms with E-state index in [0.29, 0.717) is 47.1 Å². The number of rotatable bonds is 5. The molecule has 0 radical (unpaired) electrons. The first kappa shape index (κ1) is 25.4. The van der Waals surface area contributed by atoms with E-state index in [2.05, 4.69) is 34.1 Å². The second-order valence-corrected chi connectivity index (χ2v) is 9.81. The number of carbonyl (C=O) groups excluding carboxylic acids is 2. The summed E-state index contributed by atoms with van der Waals surface area (Å²) in [6.07, 6.45) is 7.02. The predicted molar refractivity (Wildman–Crippen MR) is 147 cm³/mol. The van der Waals surface area contributed by atoms with Crippen LogP contribution in [0.2, 0.25) is 5.02 Å². The van der Waals surface area contributed by atoms with E-state index in [4.69, 9.17) is 16.3 Å². The summed E-state index contributed by atoms with van der Waals surface area (Å²) in [4.78, 5) is 31.3. The summed E-state index contributed by atoms with van der Waals surface area (Å²) in [5, 5.41) is 3.39. The molecule has 38 heavy (non-hydrogen) atoms. The van der Waals surface area contributed by atoms with Crippen LogP contribution in [0.3, 0.4) is 0 Å². The van der Waals surface area contributed by atoms with Crippen LogP contribution in [-0.2, 0) is 11.2 Å². The highest BCUT2D eigenvalue weighted by atomic mass is 35.5. The number of carbonyl (C=O) groups is 2. The minimum Gasteiger partial charge on any atom is -0.493 e. The normalized spacial score (nSPS) is 18.2. The van der Waals surface area contributed by atoms with Gasteiger partial charge in [-0.05, 0) is 50.1 Å². The van der Waals surface area contributed by atoms with Gasteiger partial charge in [0.25, 0.3) is 5.91 Å². The Morgan fingerprint density at radius 3 is 2.97 bits per heavy atom. The van der Waals surface area contributed by atoms with E-state index in [0.717, 1.165) is 29.8 Å². The third-order valence-corrected chi connectivity index (χ3v) is 7.34. The number of pyridine rings is 1. The maximum absolute atomic E-state index is 12.8. The maximum atomic E-state index is 12.8. The Morgan fingerprint density at radius 2 is 2.18 bits per heavy atom. The van der Waals surface area contributed by atoms with Crippen molar-refractivity contribution in [2.45, 2.75) is 31.7 Å². The number of anilines is 1. The summed E-state index contributed by atoms with van der Waals surface area (Å²) in [6, 6.07) is 9.19. The summed E-state index contributed by atoms with van der Waals surface area (Å²) >= 11 is 6.38. The number of nitrogens with zero attached hydrogens (tertiary/aromatic N) is 3. The first-order valence-electron chi connectivity index (χ1n) is 12.4. The molecule has 4 heterocycles. The zero-order valence-electron chi connectivity index (χ0n) is 21.3. The Hall–Kier alpha value is -4.22. The second kappa shape index (κ2) is 10.3. The SMILES string of the molecule is C=CC(=O)N1CCC[C@@]1(C)C#Cc1cnccc1-c1cc2c(n1Nc1cccc(Cl)c1OC)CCNC2=O. The molecule has 2 aliphatic rings. The number of hydrogen-bond donors (Lipinski definition) is 2. The van der Waals surface area contributed by atoms with E-state index in [-0.39, 0.29) is 11.8 Å². The first-order valence-corrected chi connectivity index (χ1v) is 12.8. The van der Waals surface area contributed by atoms with Crippen molar-refractivity contribution >= 4 is 29.1 Å². The predicted octanol–water partition coefficient (Wildman–Crippen LogP) is 4.29. The molecule has 2 amide bonds. The highest BCUT2D eigenvalue weighted by molar-refractivity contribution is 6.32. The quantitative estimate of drug-likeness (QED) is 0.380. The van der Waals surface area contributed by atoms with Crippen molar-refractivity contribution in [2.24, 2.45) is 0 Å². The van der Waals surface area contributed by atoms with Crippen LogP contribution in [0.15, 0.2) is 55.4 Å². The van der Waals surface area contributed by atoms with Crippen LogP contribution in [0.4, 0.5) is 5.69 Å². The molecular weight excluding hydrogens is 502 g/mol. The molecule has 1 saturated heterocycles. The van der Waals surface area contributed by atoms with Crippen molar-refractivity contribution in [3.05, 3.63) is 77.2 Å². The van der Waals surface area contributed by atoms with Gasteiger partial charge < -0.3 is 15.0 Å². The molecule has 3 aromatic rings. The van der Waals surface area contributed by atoms with Crippen molar-refractivity contribution in [3.8, 4) is 28.8 Å². The van der Waals surface area contributed by atoms with Gasteiger partial charge in [0.15, 0.2) is 5.75 Å². The summed E-state index contributed by atoms with van der Waals surface area (Å²) < 4.78 is 7.44. The molecule has 0 bridgehead atoms. The minimum absolute atomic E-state index is 0.127. The average molecular weight is 530 g/mol. The van der Waals surface area contributed by atoms with Gasteiger partial charge in [0, 0.05) is 37.5 Å². The Labute approximate surface area is 226 Å². The lowest BCUT2D eigenvalue weighted by Crippen LogP contribution is -2.43. The Morgan fingerprint density at radius 1 is 1.34 bits per heavy atom. The topological polar surface area (TPSA) is 88.5 Å². The number of ether oxygens (including phenoxy) is 1. The Balaban J connectivity index is 1.63. The number of nitrogens with one attached hydrogen (secondary N) is 2. The van der Waals surface area contributed by atoms with Gasteiger partial charge in [-0.2, -0.15) is 0 Å². The number of amides is 2. The molecule has 1 fully saturated rings. The van der Waals surface area contributed by atoms with Crippen LogP contribution in [0.1, 0.15) is 41.4 Å². The van der Waals surface area contributed by atoms with Crippen LogP contribution < -0.4 is 15.5 Å². The van der Waals surface area contributed by atoms with Crippen molar-refractivity contribution in [1.29, 1.82) is 0 Å². The van der Waals surface area contributed by atoms with Gasteiger partial charge >= 0.3 is 0 Å². The van der Waals surface area contributed by atoms with Gasteiger partial charge in [0.05, 0.1) is 40.3 Å². The molecule has 2 aliphatic heterocycles. The molecular formula is C29H28ClN5O3. The van der Waals surface area contributed by atoms with Gasteiger partial charge in [-0.1, -0.05) is 36.1 Å². The van der Waals surface area contributed by atoms with Crippen molar-refractivity contribution in [1.82, 2.24) is 19.9 Å². The molecule has 5 rings (SSSR count). The number of fused-ring (bicyclic) bond motifs is 1. The van der Waals surface area contributed by atoms with Crippen LogP contribution in [0, 0.1) is 11.8 Å². The van der Waals surface area contributed by atoms with Crippen LogP contribution in [0.5, 0.6) is 5.75 Å². The van der Waals surface area contributed by atoms with Gasteiger partial charge in [0.2, 0.25) is 5.91 Å². The van der Waals surface area contributed by atoms with Gasteiger partial charge in [-0.25, -0.2) is 0 Å². The lowest BCUT2D eigenvalue weighted by atomic mass is 9.98. The van der Waals surface area contributed by atoms with E-state index >= 15 is 0 Å². The number of halogens is 1. The number of aromatic nitrogens is 2. The highest BCUT2D eigenvalue weighted by Crippen LogP contribution is 2.36. The van der Waals surface area contributed by atoms with Crippen molar-refractivity contribution < 1.29 is 14.3 Å². The zero-order chi connectivity index (χ0) is 26.9. The number of methoxy groups -OCH3 is 1. The first-order chi connectivity index (χ1) is 18.4. The van der Waals surface area contributed by atoms with Crippen LogP contribution in [-0.4, -0.2) is 52.1 Å². The van der Waals surface area contributed by atoms with Gasteiger partial charge in [0.1, 0.15) is 5.54 Å². The fraction of sp³-hybridized carbons (Fsp3) is 0.276. The molecule has 194 valence electrons. The van der Waals surface area contributed by atoms with E-state index in [1.807, 2.05) is 35.9 Å². The van der Waals surface area contributed by atoms with Crippen LogP contribution >= 0.6 is 11.6 Å². The van der Waals surface area contributed by atoms with Gasteiger partial charge in [-0.3, -0.25) is 24.7 Å². The Bertz CT molecular complexity index is 1500. The Kier molecular flexibility index (Phi) is 6.87. The van der Waals surface area contributed by atoms with E-state index in [9.17, 15) is 9.59 Å². The molecule has 0 unspecified atom stereocenters. The second-order valence-electron chi connectivity index (χ2n) is 9.41. The summed E-state index contributed by atoms with van der Waals surface area (Å²) in [5.41, 5.74) is 7.12. The number of hydrogen-bond acceptors (Lipinski definition) is 5. The maximum Gasteiger partial charge on any atom is 0.253 e. The average Bonchev–Trinajstić information content (AvgIpc) is 3.49. The van der Waals surface area contributed by atoms with E-state index < -0.39 is 5.54 Å². The molecule has 1 atom stereocenters. The fourth-order valence-electron chi connectivity index (χ4n) is 5.11. The molecule has 2 N–H and O–H groups in total. The number of benzene rings is 1. The molecule has 9 heteroatoms. The summed E-state index contributed by atoms with van der Waals surface area (Å²) in [7, 11) is 1.56. The number of likely N-dealkylation sites (tertiary alicyclic amines) is 1. The minimum atomic E-state index is -0.605. The largest absolute Gasteiger partial charge is 0.493 e. The number of para-hydroxylation sites is 1. The van der Waals surface area contributed by atoms with E-state index in [1.54, 1.807) is 30.5 Å². The van der Waals surface area contributed by atoms with Gasteiger partial charge in [-0.15, -0.1) is 0 Å². The molecule has 1 aromatic carbocycles. The van der Waals surface area contributed by atoms with Crippen molar-refractivity contribution in [3.63, 3.8) is 0 Å². The third-order valence-electron chi connectivity index (χ3n) is 7.04.